The van der Waals surface area contributed by atoms with E-state index >= 15 is 0 Å². The summed E-state index contributed by atoms with van der Waals surface area (Å²) in [5.74, 6) is 0. The van der Waals surface area contributed by atoms with Gasteiger partial charge >= 0.3 is 0 Å². The van der Waals surface area contributed by atoms with Crippen LogP contribution in [0, 0.1) is 0 Å². The number of anilines is 1. The first-order valence-corrected chi connectivity index (χ1v) is 6.34. The molecule has 1 aromatic rings. The van der Waals surface area contributed by atoms with Crippen molar-refractivity contribution in [2.24, 2.45) is 0 Å². The third kappa shape index (κ3) is 2.77. The highest BCUT2D eigenvalue weighted by atomic mass is 79.9. The highest BCUT2D eigenvalue weighted by molar-refractivity contribution is 9.10. The van der Waals surface area contributed by atoms with Crippen LogP contribution in [0.3, 0.4) is 0 Å². The molecule has 2 nitrogen and oxygen atoms in total. The van der Waals surface area contributed by atoms with Crippen LogP contribution in [0.25, 0.3) is 0 Å². The Morgan fingerprint density at radius 3 is 2.50 bits per heavy atom. The molecule has 0 aliphatic heterocycles. The predicted molar refractivity (Wildman–Crippen MR) is 72.8 cm³/mol. The van der Waals surface area contributed by atoms with E-state index in [-0.39, 0.29) is 12.1 Å². The maximum absolute atomic E-state index is 9.38. The van der Waals surface area contributed by atoms with Crippen LogP contribution in [0.15, 0.2) is 22.7 Å². The first kappa shape index (κ1) is 13.5. The van der Waals surface area contributed by atoms with Crippen LogP contribution in [0.2, 0.25) is 0 Å². The van der Waals surface area contributed by atoms with E-state index in [1.807, 2.05) is 18.2 Å². The summed E-state index contributed by atoms with van der Waals surface area (Å²) >= 11 is 3.42. The number of aliphatic hydroxyl groups is 1. The van der Waals surface area contributed by atoms with E-state index in [9.17, 15) is 5.11 Å². The van der Waals surface area contributed by atoms with E-state index in [1.165, 1.54) is 0 Å². The van der Waals surface area contributed by atoms with E-state index in [4.69, 9.17) is 0 Å². The highest BCUT2D eigenvalue weighted by Gasteiger charge is 2.23. The van der Waals surface area contributed by atoms with E-state index in [0.717, 1.165) is 22.1 Å². The molecule has 16 heavy (non-hydrogen) atoms. The van der Waals surface area contributed by atoms with Gasteiger partial charge in [0.2, 0.25) is 0 Å². The Labute approximate surface area is 106 Å². The summed E-state index contributed by atoms with van der Waals surface area (Å²) in [5.41, 5.74) is 2.15. The molecule has 0 bridgehead atoms. The maximum Gasteiger partial charge on any atom is 0.0702 e. The first-order valence-electron chi connectivity index (χ1n) is 5.55. The minimum absolute atomic E-state index is 0.0684. The molecule has 0 fully saturated rings. The SMILES string of the molecule is CCC(C)(C)N(C)c1ccc(Br)cc1CO. The Kier molecular flexibility index (Phi) is 4.39. The monoisotopic (exact) mass is 285 g/mol. The lowest BCUT2D eigenvalue weighted by atomic mass is 9.98. The second kappa shape index (κ2) is 5.19. The maximum atomic E-state index is 9.38. The minimum Gasteiger partial charge on any atom is -0.392 e. The van der Waals surface area contributed by atoms with Crippen molar-refractivity contribution < 1.29 is 5.11 Å². The number of aliphatic hydroxyl groups excluding tert-OH is 1. The lowest BCUT2D eigenvalue weighted by molar-refractivity contribution is 0.281. The van der Waals surface area contributed by atoms with Crippen LogP contribution in [-0.4, -0.2) is 17.7 Å². The normalized spacial score (nSPS) is 11.6. The fourth-order valence-electron chi connectivity index (χ4n) is 1.57. The minimum atomic E-state index is 0.0684. The van der Waals surface area contributed by atoms with Gasteiger partial charge in [-0.25, -0.2) is 0 Å². The summed E-state index contributed by atoms with van der Waals surface area (Å²) in [6.07, 6.45) is 1.06. The van der Waals surface area contributed by atoms with Crippen molar-refractivity contribution in [2.45, 2.75) is 39.3 Å². The standard InChI is InChI=1S/C13H20BrNO/c1-5-13(2,3)15(4)12-7-6-11(14)8-10(12)9-16/h6-8,16H,5,9H2,1-4H3. The van der Waals surface area contributed by atoms with Crippen LogP contribution in [-0.2, 0) is 6.61 Å². The third-order valence-electron chi connectivity index (χ3n) is 3.35. The summed E-state index contributed by atoms with van der Waals surface area (Å²) in [6, 6.07) is 6.03. The zero-order valence-corrected chi connectivity index (χ0v) is 12.0. The molecule has 1 N–H and O–H groups in total. The average Bonchev–Trinajstić information content (AvgIpc) is 2.27. The smallest absolute Gasteiger partial charge is 0.0702 e. The van der Waals surface area contributed by atoms with E-state index in [0.29, 0.717) is 0 Å². The van der Waals surface area contributed by atoms with Gasteiger partial charge in [0.25, 0.3) is 0 Å². The molecule has 0 saturated heterocycles. The molecule has 1 aromatic carbocycles. The topological polar surface area (TPSA) is 23.5 Å². The molecule has 0 aliphatic rings. The van der Waals surface area contributed by atoms with Crippen molar-refractivity contribution in [3.05, 3.63) is 28.2 Å². The number of rotatable bonds is 4. The average molecular weight is 286 g/mol. The molecular formula is C13H20BrNO. The number of benzene rings is 1. The molecule has 0 radical (unpaired) electrons. The molecule has 90 valence electrons. The Morgan fingerprint density at radius 1 is 1.38 bits per heavy atom. The number of nitrogens with zero attached hydrogens (tertiary/aromatic N) is 1. The molecule has 0 spiro atoms. The van der Waals surface area contributed by atoms with Crippen LogP contribution in [0.1, 0.15) is 32.8 Å². The quantitative estimate of drug-likeness (QED) is 0.914. The Hall–Kier alpha value is -0.540. The molecule has 3 heteroatoms. The highest BCUT2D eigenvalue weighted by Crippen LogP contribution is 2.30. The zero-order chi connectivity index (χ0) is 12.3. The van der Waals surface area contributed by atoms with E-state index < -0.39 is 0 Å². The number of hydrogen-bond acceptors (Lipinski definition) is 2. The summed E-state index contributed by atoms with van der Waals surface area (Å²) in [5, 5.41) is 9.38. The lowest BCUT2D eigenvalue weighted by Crippen LogP contribution is -2.41. The fourth-order valence-corrected chi connectivity index (χ4v) is 1.98. The zero-order valence-electron chi connectivity index (χ0n) is 10.4. The van der Waals surface area contributed by atoms with Gasteiger partial charge in [-0.05, 0) is 38.5 Å². The molecule has 0 atom stereocenters. The van der Waals surface area contributed by atoms with Gasteiger partial charge in [0.1, 0.15) is 0 Å². The van der Waals surface area contributed by atoms with Crippen molar-refractivity contribution in [3.63, 3.8) is 0 Å². The van der Waals surface area contributed by atoms with Gasteiger partial charge in [0.05, 0.1) is 6.61 Å². The van der Waals surface area contributed by atoms with Crippen molar-refractivity contribution in [1.29, 1.82) is 0 Å². The van der Waals surface area contributed by atoms with Gasteiger partial charge in [0, 0.05) is 28.3 Å². The molecule has 0 saturated carbocycles. The van der Waals surface area contributed by atoms with Crippen LogP contribution >= 0.6 is 15.9 Å². The van der Waals surface area contributed by atoms with Gasteiger partial charge in [-0.2, -0.15) is 0 Å². The van der Waals surface area contributed by atoms with Crippen molar-refractivity contribution in [3.8, 4) is 0 Å². The predicted octanol–water partition coefficient (Wildman–Crippen LogP) is 3.57. The van der Waals surface area contributed by atoms with Gasteiger partial charge in [0.15, 0.2) is 0 Å². The molecule has 0 aliphatic carbocycles. The van der Waals surface area contributed by atoms with Gasteiger partial charge in [-0.3, -0.25) is 0 Å². The summed E-state index contributed by atoms with van der Waals surface area (Å²) in [7, 11) is 2.08. The molecule has 0 unspecified atom stereocenters. The Morgan fingerprint density at radius 2 is 2.00 bits per heavy atom. The van der Waals surface area contributed by atoms with Gasteiger partial charge < -0.3 is 10.0 Å². The van der Waals surface area contributed by atoms with E-state index in [1.54, 1.807) is 0 Å². The molecular weight excluding hydrogens is 266 g/mol. The molecule has 0 aromatic heterocycles. The fraction of sp³-hybridized carbons (Fsp3) is 0.538. The Bertz CT molecular complexity index is 363. The second-order valence-corrected chi connectivity index (χ2v) is 5.57. The second-order valence-electron chi connectivity index (χ2n) is 4.66. The van der Waals surface area contributed by atoms with Crippen LogP contribution in [0.4, 0.5) is 5.69 Å². The largest absolute Gasteiger partial charge is 0.392 e. The van der Waals surface area contributed by atoms with Crippen LogP contribution < -0.4 is 4.90 Å². The number of halogens is 1. The van der Waals surface area contributed by atoms with Crippen molar-refractivity contribution >= 4 is 21.6 Å². The van der Waals surface area contributed by atoms with Crippen molar-refractivity contribution in [2.75, 3.05) is 11.9 Å². The third-order valence-corrected chi connectivity index (χ3v) is 3.84. The molecule has 0 amide bonds. The summed E-state index contributed by atoms with van der Waals surface area (Å²) in [4.78, 5) is 2.23. The molecule has 0 heterocycles. The van der Waals surface area contributed by atoms with Crippen LogP contribution in [0.5, 0.6) is 0 Å². The summed E-state index contributed by atoms with van der Waals surface area (Å²) in [6.45, 7) is 6.65. The first-order chi connectivity index (χ1) is 7.42. The Balaban J connectivity index is 3.13. The lowest BCUT2D eigenvalue weighted by Gasteiger charge is -2.38. The van der Waals surface area contributed by atoms with E-state index in [2.05, 4.69) is 48.6 Å². The van der Waals surface area contributed by atoms with Crippen molar-refractivity contribution in [1.82, 2.24) is 0 Å². The van der Waals surface area contributed by atoms with Gasteiger partial charge in [-0.1, -0.05) is 22.9 Å². The number of hydrogen-bond donors (Lipinski definition) is 1. The van der Waals surface area contributed by atoms with Gasteiger partial charge in [-0.15, -0.1) is 0 Å². The summed E-state index contributed by atoms with van der Waals surface area (Å²) < 4.78 is 1.00. The molecule has 1 rings (SSSR count).